The van der Waals surface area contributed by atoms with E-state index in [1.165, 1.54) is 25.8 Å². The number of halogens is 2. The van der Waals surface area contributed by atoms with E-state index < -0.39 is 12.1 Å². The first kappa shape index (κ1) is 22.2. The van der Waals surface area contributed by atoms with Crippen LogP contribution in [0, 0.1) is 0 Å². The zero-order chi connectivity index (χ0) is 20.7. The molecule has 9 heteroatoms. The second-order valence-corrected chi connectivity index (χ2v) is 7.31. The van der Waals surface area contributed by atoms with Crippen molar-refractivity contribution in [2.24, 2.45) is 0 Å². The maximum Gasteiger partial charge on any atom is 0.346 e. The van der Waals surface area contributed by atoms with Gasteiger partial charge in [0.05, 0.1) is 12.1 Å². The van der Waals surface area contributed by atoms with E-state index in [0.717, 1.165) is 4.90 Å². The average molecular weight is 445 g/mol. The van der Waals surface area contributed by atoms with E-state index >= 15 is 0 Å². The van der Waals surface area contributed by atoms with Gasteiger partial charge in [0.15, 0.2) is 17.6 Å². The van der Waals surface area contributed by atoms with Gasteiger partial charge in [0.25, 0.3) is 0 Å². The van der Waals surface area contributed by atoms with Crippen LogP contribution in [0.5, 0.6) is 17.2 Å². The Morgan fingerprint density at radius 1 is 1.07 bits per heavy atom. The van der Waals surface area contributed by atoms with Crippen molar-refractivity contribution < 1.29 is 28.5 Å². The summed E-state index contributed by atoms with van der Waals surface area (Å²) in [7, 11) is 1.28. The minimum absolute atomic E-state index is 0.184. The summed E-state index contributed by atoms with van der Waals surface area (Å²) in [6.45, 7) is 2.91. The predicted octanol–water partition coefficient (Wildman–Crippen LogP) is 5.34. The molecule has 0 saturated carbocycles. The number of esters is 2. The van der Waals surface area contributed by atoms with Crippen molar-refractivity contribution >= 4 is 46.9 Å². The van der Waals surface area contributed by atoms with Crippen LogP contribution in [0.3, 0.4) is 0 Å². The van der Waals surface area contributed by atoms with Crippen molar-refractivity contribution in [3.63, 3.8) is 0 Å². The van der Waals surface area contributed by atoms with Crippen LogP contribution in [0.15, 0.2) is 41.3 Å². The molecule has 0 amide bonds. The molecule has 2 rings (SSSR count). The van der Waals surface area contributed by atoms with E-state index in [4.69, 9.17) is 37.4 Å². The molecule has 0 aliphatic rings. The Morgan fingerprint density at radius 3 is 2.43 bits per heavy atom. The Kier molecular flexibility index (Phi) is 8.29. The molecular formula is C19H18Cl2O6S. The Balaban J connectivity index is 2.17. The molecule has 0 saturated heterocycles. The summed E-state index contributed by atoms with van der Waals surface area (Å²) in [6, 6.07) is 9.90. The molecule has 28 heavy (non-hydrogen) atoms. The van der Waals surface area contributed by atoms with Gasteiger partial charge in [0.1, 0.15) is 11.7 Å². The Morgan fingerprint density at radius 2 is 1.79 bits per heavy atom. The van der Waals surface area contributed by atoms with Gasteiger partial charge in [-0.15, -0.1) is 0 Å². The highest BCUT2D eigenvalue weighted by Crippen LogP contribution is 2.38. The Bertz CT molecular complexity index is 858. The van der Waals surface area contributed by atoms with Crippen molar-refractivity contribution in [2.45, 2.75) is 24.8 Å². The number of hydrogen-bond donors (Lipinski definition) is 0. The van der Waals surface area contributed by atoms with Gasteiger partial charge in [0, 0.05) is 22.9 Å². The molecule has 1 atom stereocenters. The summed E-state index contributed by atoms with van der Waals surface area (Å²) in [6.07, 6.45) is -0.830. The summed E-state index contributed by atoms with van der Waals surface area (Å²) in [5, 5.41) is 0.775. The standard InChI is InChI=1S/C19H18Cl2O6S/c1-11(19(23)24-3)26-17-6-4-13(20)8-18(17)27-16-7-5-14(9-15(16)21)28-10-25-12(2)22/h4-9,11H,10H2,1-3H3. The molecule has 0 N–H and O–H groups in total. The average Bonchev–Trinajstić information content (AvgIpc) is 2.64. The van der Waals surface area contributed by atoms with Crippen LogP contribution in [0.1, 0.15) is 13.8 Å². The molecule has 1 unspecified atom stereocenters. The number of carbonyl (C=O) groups excluding carboxylic acids is 2. The van der Waals surface area contributed by atoms with E-state index in [9.17, 15) is 9.59 Å². The predicted molar refractivity (Wildman–Crippen MR) is 108 cm³/mol. The zero-order valence-electron chi connectivity index (χ0n) is 15.4. The second-order valence-electron chi connectivity index (χ2n) is 5.47. The number of rotatable bonds is 8. The van der Waals surface area contributed by atoms with Gasteiger partial charge >= 0.3 is 11.9 Å². The van der Waals surface area contributed by atoms with Crippen molar-refractivity contribution in [1.82, 2.24) is 0 Å². The number of benzene rings is 2. The van der Waals surface area contributed by atoms with Crippen molar-refractivity contribution in [3.05, 3.63) is 46.4 Å². The number of thioether (sulfide) groups is 1. The van der Waals surface area contributed by atoms with Crippen molar-refractivity contribution in [3.8, 4) is 17.2 Å². The normalized spacial score (nSPS) is 11.5. The molecule has 0 heterocycles. The minimum atomic E-state index is -0.830. The summed E-state index contributed by atoms with van der Waals surface area (Å²) < 4.78 is 21.0. The van der Waals surface area contributed by atoms with E-state index in [0.29, 0.717) is 27.3 Å². The number of ether oxygens (including phenoxy) is 4. The third-order valence-electron chi connectivity index (χ3n) is 3.35. The maximum absolute atomic E-state index is 11.6. The molecule has 2 aromatic carbocycles. The van der Waals surface area contributed by atoms with E-state index in [1.807, 2.05) is 0 Å². The lowest BCUT2D eigenvalue weighted by atomic mass is 10.3. The molecule has 0 fully saturated rings. The number of carbonyl (C=O) groups is 2. The smallest absolute Gasteiger partial charge is 0.346 e. The second kappa shape index (κ2) is 10.5. The SMILES string of the molecule is COC(=O)C(C)Oc1ccc(Cl)cc1Oc1ccc(SCOC(C)=O)cc1Cl. The van der Waals surface area contributed by atoms with Crippen molar-refractivity contribution in [2.75, 3.05) is 13.0 Å². The lowest BCUT2D eigenvalue weighted by Crippen LogP contribution is -2.25. The molecule has 2 aromatic rings. The van der Waals surface area contributed by atoms with Crippen LogP contribution >= 0.6 is 35.0 Å². The van der Waals surface area contributed by atoms with E-state index in [-0.39, 0.29) is 11.9 Å². The molecule has 0 aromatic heterocycles. The molecular weight excluding hydrogens is 427 g/mol. The molecule has 0 aliphatic carbocycles. The molecule has 0 aliphatic heterocycles. The highest BCUT2D eigenvalue weighted by atomic mass is 35.5. The van der Waals surface area contributed by atoms with E-state index in [2.05, 4.69) is 4.74 Å². The lowest BCUT2D eigenvalue weighted by molar-refractivity contribution is -0.148. The first-order valence-corrected chi connectivity index (χ1v) is 9.82. The van der Waals surface area contributed by atoms with E-state index in [1.54, 1.807) is 43.3 Å². The van der Waals surface area contributed by atoms with Gasteiger partial charge in [-0.25, -0.2) is 4.79 Å². The maximum atomic E-state index is 11.6. The summed E-state index contributed by atoms with van der Waals surface area (Å²) in [5.74, 6) is 0.290. The van der Waals surface area contributed by atoms with Crippen LogP contribution in [0.2, 0.25) is 10.0 Å². The van der Waals surface area contributed by atoms with Crippen LogP contribution in [-0.4, -0.2) is 31.1 Å². The Labute approximate surface area is 177 Å². The summed E-state index contributed by atoms with van der Waals surface area (Å²) >= 11 is 13.7. The minimum Gasteiger partial charge on any atom is -0.475 e. The molecule has 0 spiro atoms. The molecule has 150 valence electrons. The highest BCUT2D eigenvalue weighted by molar-refractivity contribution is 7.99. The molecule has 0 radical (unpaired) electrons. The highest BCUT2D eigenvalue weighted by Gasteiger charge is 2.18. The first-order valence-electron chi connectivity index (χ1n) is 8.07. The van der Waals surface area contributed by atoms with Crippen LogP contribution in [0.25, 0.3) is 0 Å². The summed E-state index contributed by atoms with van der Waals surface area (Å²) in [4.78, 5) is 23.2. The Hall–Kier alpha value is -2.09. The monoisotopic (exact) mass is 444 g/mol. The first-order chi connectivity index (χ1) is 13.3. The van der Waals surface area contributed by atoms with Crippen LogP contribution in [-0.2, 0) is 19.1 Å². The number of hydrogen-bond acceptors (Lipinski definition) is 7. The van der Waals surface area contributed by atoms with Gasteiger partial charge in [-0.3, -0.25) is 4.79 Å². The fourth-order valence-electron chi connectivity index (χ4n) is 2.02. The number of methoxy groups -OCH3 is 1. The fourth-order valence-corrected chi connectivity index (χ4v) is 3.19. The topological polar surface area (TPSA) is 71.1 Å². The van der Waals surface area contributed by atoms with Crippen molar-refractivity contribution in [1.29, 1.82) is 0 Å². The molecule has 0 bridgehead atoms. The quantitative estimate of drug-likeness (QED) is 0.309. The summed E-state index contributed by atoms with van der Waals surface area (Å²) in [5.41, 5.74) is 0. The van der Waals surface area contributed by atoms with Gasteiger partial charge in [-0.1, -0.05) is 35.0 Å². The third-order valence-corrected chi connectivity index (χ3v) is 4.71. The van der Waals surface area contributed by atoms with Gasteiger partial charge in [-0.2, -0.15) is 0 Å². The van der Waals surface area contributed by atoms with Crippen LogP contribution < -0.4 is 9.47 Å². The van der Waals surface area contributed by atoms with Crippen LogP contribution in [0.4, 0.5) is 0 Å². The zero-order valence-corrected chi connectivity index (χ0v) is 17.7. The fraction of sp³-hybridized carbons (Fsp3) is 0.263. The van der Waals surface area contributed by atoms with Gasteiger partial charge in [0.2, 0.25) is 0 Å². The lowest BCUT2D eigenvalue weighted by Gasteiger charge is -2.17. The van der Waals surface area contributed by atoms with Gasteiger partial charge < -0.3 is 18.9 Å². The largest absolute Gasteiger partial charge is 0.475 e. The van der Waals surface area contributed by atoms with Gasteiger partial charge in [-0.05, 0) is 37.3 Å². The third kappa shape index (κ3) is 6.51. The molecule has 6 nitrogen and oxygen atoms in total.